The Kier molecular flexibility index (Phi) is 4.40. The Morgan fingerprint density at radius 2 is 2.14 bits per heavy atom. The molecule has 5 heteroatoms. The van der Waals surface area contributed by atoms with E-state index in [1.165, 1.54) is 6.42 Å². The summed E-state index contributed by atoms with van der Waals surface area (Å²) in [4.78, 5) is 11.5. The van der Waals surface area contributed by atoms with Gasteiger partial charge in [0, 0.05) is 37.4 Å². The van der Waals surface area contributed by atoms with Crippen LogP contribution in [-0.2, 0) is 11.3 Å². The van der Waals surface area contributed by atoms with Crippen LogP contribution < -0.4 is 4.90 Å². The first kappa shape index (κ1) is 14.7. The molecular weight excluding hydrogens is 266 g/mol. The number of aryl methyl sites for hydroxylation is 1. The summed E-state index contributed by atoms with van der Waals surface area (Å²) in [5.74, 6) is 2.13. The zero-order chi connectivity index (χ0) is 14.8. The van der Waals surface area contributed by atoms with Crippen molar-refractivity contribution in [3.05, 3.63) is 17.6 Å². The van der Waals surface area contributed by atoms with Crippen molar-refractivity contribution in [2.24, 2.45) is 5.92 Å². The maximum Gasteiger partial charge on any atom is 0.156 e. The van der Waals surface area contributed by atoms with E-state index in [9.17, 15) is 5.11 Å². The Balaban J connectivity index is 1.84. The van der Waals surface area contributed by atoms with Gasteiger partial charge >= 0.3 is 0 Å². The van der Waals surface area contributed by atoms with Gasteiger partial charge in [0.25, 0.3) is 0 Å². The normalized spacial score (nSPS) is 29.3. The summed E-state index contributed by atoms with van der Waals surface area (Å²) in [7, 11) is 1.67. The van der Waals surface area contributed by atoms with Gasteiger partial charge in [-0.05, 0) is 32.6 Å². The van der Waals surface area contributed by atoms with Crippen LogP contribution in [0.2, 0.25) is 0 Å². The first-order valence-electron chi connectivity index (χ1n) is 7.97. The van der Waals surface area contributed by atoms with Gasteiger partial charge in [-0.2, -0.15) is 0 Å². The number of nitrogens with zero attached hydrogens (tertiary/aromatic N) is 3. The number of anilines is 1. The van der Waals surface area contributed by atoms with Gasteiger partial charge in [0.05, 0.1) is 6.10 Å². The van der Waals surface area contributed by atoms with Gasteiger partial charge < -0.3 is 14.7 Å². The van der Waals surface area contributed by atoms with Crippen molar-refractivity contribution < 1.29 is 9.84 Å². The fraction of sp³-hybridized carbons (Fsp3) is 0.750. The lowest BCUT2D eigenvalue weighted by Gasteiger charge is -2.32. The van der Waals surface area contributed by atoms with E-state index in [0.717, 1.165) is 49.6 Å². The fourth-order valence-electron chi connectivity index (χ4n) is 3.89. The van der Waals surface area contributed by atoms with Crippen molar-refractivity contribution in [1.82, 2.24) is 9.97 Å². The molecule has 0 aromatic carbocycles. The van der Waals surface area contributed by atoms with Crippen LogP contribution in [0, 0.1) is 12.8 Å². The molecule has 5 nitrogen and oxygen atoms in total. The molecule has 3 rings (SSSR count). The molecular formula is C16H25N3O2. The topological polar surface area (TPSA) is 58.5 Å². The number of hydrogen-bond acceptors (Lipinski definition) is 5. The van der Waals surface area contributed by atoms with E-state index in [4.69, 9.17) is 4.74 Å². The van der Waals surface area contributed by atoms with Crippen LogP contribution >= 0.6 is 0 Å². The highest BCUT2D eigenvalue weighted by molar-refractivity contribution is 5.42. The lowest BCUT2D eigenvalue weighted by molar-refractivity contribution is 0.118. The molecule has 1 aliphatic heterocycles. The van der Waals surface area contributed by atoms with Crippen LogP contribution in [0.5, 0.6) is 0 Å². The SMILES string of the molecule is COCc1nc(C)cc(N2CCC[C@@H]2[C@@H]2CCC[C@@H]2O)n1. The first-order chi connectivity index (χ1) is 10.2. The molecule has 3 atom stereocenters. The van der Waals surface area contributed by atoms with Crippen molar-refractivity contribution in [3.8, 4) is 0 Å². The van der Waals surface area contributed by atoms with Gasteiger partial charge in [0.2, 0.25) is 0 Å². The maximum absolute atomic E-state index is 10.2. The van der Waals surface area contributed by atoms with E-state index in [1.807, 2.05) is 6.92 Å². The summed E-state index contributed by atoms with van der Waals surface area (Å²) in [5, 5.41) is 10.2. The summed E-state index contributed by atoms with van der Waals surface area (Å²) in [6.07, 6.45) is 5.43. The third kappa shape index (κ3) is 3.04. The van der Waals surface area contributed by atoms with Crippen LogP contribution in [0.25, 0.3) is 0 Å². The number of aromatic nitrogens is 2. The third-order valence-corrected chi connectivity index (χ3v) is 4.78. The van der Waals surface area contributed by atoms with Crippen LogP contribution in [0.4, 0.5) is 5.82 Å². The highest BCUT2D eigenvalue weighted by Gasteiger charge is 2.38. The summed E-state index contributed by atoms with van der Waals surface area (Å²) >= 11 is 0. The van der Waals surface area contributed by atoms with Gasteiger partial charge in [0.1, 0.15) is 12.4 Å². The molecule has 21 heavy (non-hydrogen) atoms. The number of ether oxygens (including phenoxy) is 1. The average molecular weight is 291 g/mol. The Labute approximate surface area is 126 Å². The van der Waals surface area contributed by atoms with Gasteiger partial charge in [-0.3, -0.25) is 0 Å². The summed E-state index contributed by atoms with van der Waals surface area (Å²) in [6.45, 7) is 3.47. The van der Waals surface area contributed by atoms with Crippen LogP contribution in [0.15, 0.2) is 6.07 Å². The van der Waals surface area contributed by atoms with Gasteiger partial charge in [-0.1, -0.05) is 6.42 Å². The van der Waals surface area contributed by atoms with Crippen molar-refractivity contribution >= 4 is 5.82 Å². The first-order valence-corrected chi connectivity index (χ1v) is 7.97. The minimum atomic E-state index is -0.142. The zero-order valence-corrected chi connectivity index (χ0v) is 13.0. The Bertz CT molecular complexity index is 494. The molecule has 2 aliphatic rings. The molecule has 2 heterocycles. The van der Waals surface area contributed by atoms with E-state index < -0.39 is 0 Å². The van der Waals surface area contributed by atoms with Gasteiger partial charge in [-0.15, -0.1) is 0 Å². The molecule has 1 aromatic heterocycles. The lowest BCUT2D eigenvalue weighted by atomic mass is 9.94. The van der Waals surface area contributed by atoms with Gasteiger partial charge in [0.15, 0.2) is 5.82 Å². The molecule has 116 valence electrons. The second-order valence-corrected chi connectivity index (χ2v) is 6.28. The number of aliphatic hydroxyl groups excluding tert-OH is 1. The third-order valence-electron chi connectivity index (χ3n) is 4.78. The van der Waals surface area contributed by atoms with Crippen molar-refractivity contribution in [2.75, 3.05) is 18.6 Å². The predicted molar refractivity (Wildman–Crippen MR) is 81.2 cm³/mol. The fourth-order valence-corrected chi connectivity index (χ4v) is 3.89. The van der Waals surface area contributed by atoms with Crippen molar-refractivity contribution in [2.45, 2.75) is 57.8 Å². The number of rotatable bonds is 4. The summed E-state index contributed by atoms with van der Waals surface area (Å²) in [5.41, 5.74) is 0.977. The van der Waals surface area contributed by atoms with Crippen LogP contribution in [0.3, 0.4) is 0 Å². The number of methoxy groups -OCH3 is 1. The Morgan fingerprint density at radius 3 is 2.86 bits per heavy atom. The Morgan fingerprint density at radius 1 is 1.29 bits per heavy atom. The zero-order valence-electron chi connectivity index (χ0n) is 13.0. The van der Waals surface area contributed by atoms with Crippen molar-refractivity contribution in [1.29, 1.82) is 0 Å². The highest BCUT2D eigenvalue weighted by Crippen LogP contribution is 2.37. The number of aliphatic hydroxyl groups is 1. The largest absolute Gasteiger partial charge is 0.393 e. The standard InChI is InChI=1S/C16H25N3O2/c1-11-9-16(18-15(17-11)10-21-2)19-8-4-6-13(19)12-5-3-7-14(12)20/h9,12-14,20H,3-8,10H2,1-2H3/t12-,13+,14-/m0/s1. The molecule has 1 saturated heterocycles. The van der Waals surface area contributed by atoms with E-state index in [1.54, 1.807) is 7.11 Å². The lowest BCUT2D eigenvalue weighted by Crippen LogP contribution is -2.39. The molecule has 2 fully saturated rings. The van der Waals surface area contributed by atoms with E-state index in [0.29, 0.717) is 18.6 Å². The van der Waals surface area contributed by atoms with Crippen LogP contribution in [-0.4, -0.2) is 40.9 Å². The molecule has 1 aromatic rings. The average Bonchev–Trinajstić information content (AvgIpc) is 3.06. The Hall–Kier alpha value is -1.20. The minimum Gasteiger partial charge on any atom is -0.393 e. The quantitative estimate of drug-likeness (QED) is 0.920. The molecule has 0 bridgehead atoms. The highest BCUT2D eigenvalue weighted by atomic mass is 16.5. The maximum atomic E-state index is 10.2. The monoisotopic (exact) mass is 291 g/mol. The smallest absolute Gasteiger partial charge is 0.156 e. The molecule has 0 spiro atoms. The van der Waals surface area contributed by atoms with Gasteiger partial charge in [-0.25, -0.2) is 9.97 Å². The second kappa shape index (κ2) is 6.28. The second-order valence-electron chi connectivity index (χ2n) is 6.28. The molecule has 0 amide bonds. The van der Waals surface area contributed by atoms with E-state index in [-0.39, 0.29) is 6.10 Å². The summed E-state index contributed by atoms with van der Waals surface area (Å²) in [6, 6.07) is 2.48. The van der Waals surface area contributed by atoms with Crippen molar-refractivity contribution in [3.63, 3.8) is 0 Å². The van der Waals surface area contributed by atoms with E-state index >= 15 is 0 Å². The molecule has 0 unspecified atom stereocenters. The van der Waals surface area contributed by atoms with Crippen LogP contribution in [0.1, 0.15) is 43.6 Å². The molecule has 1 N–H and O–H groups in total. The molecule has 0 radical (unpaired) electrons. The molecule has 1 aliphatic carbocycles. The predicted octanol–water partition coefficient (Wildman–Crippen LogP) is 2.06. The summed E-state index contributed by atoms with van der Waals surface area (Å²) < 4.78 is 5.16. The molecule has 1 saturated carbocycles. The minimum absolute atomic E-state index is 0.142. The number of hydrogen-bond donors (Lipinski definition) is 1. The van der Waals surface area contributed by atoms with E-state index in [2.05, 4.69) is 20.9 Å².